The molecule has 2 N–H and O–H groups in total. The summed E-state index contributed by atoms with van der Waals surface area (Å²) in [4.78, 5) is 31.1. The van der Waals surface area contributed by atoms with E-state index in [1.165, 1.54) is 17.4 Å². The molecule has 2 heterocycles. The molecule has 26 heavy (non-hydrogen) atoms. The van der Waals surface area contributed by atoms with Gasteiger partial charge in [-0.1, -0.05) is 11.3 Å². The van der Waals surface area contributed by atoms with Crippen LogP contribution in [0.5, 0.6) is 0 Å². The lowest BCUT2D eigenvalue weighted by atomic mass is 10.1. The summed E-state index contributed by atoms with van der Waals surface area (Å²) in [6.07, 6.45) is 0.536. The van der Waals surface area contributed by atoms with E-state index in [1.54, 1.807) is 4.90 Å². The second kappa shape index (κ2) is 7.36. The number of thiazole rings is 1. The Labute approximate surface area is 153 Å². The Morgan fingerprint density at radius 1 is 1.27 bits per heavy atom. The molecule has 2 aromatic rings. The molecule has 138 valence electrons. The summed E-state index contributed by atoms with van der Waals surface area (Å²) in [5.41, 5.74) is 0.940. The number of hydrogen-bond acceptors (Lipinski definition) is 4. The van der Waals surface area contributed by atoms with Crippen molar-refractivity contribution in [1.82, 2.24) is 15.2 Å². The zero-order valence-corrected chi connectivity index (χ0v) is 15.1. The van der Waals surface area contributed by atoms with Crippen molar-refractivity contribution < 1.29 is 18.4 Å². The van der Waals surface area contributed by atoms with Gasteiger partial charge in [-0.25, -0.2) is 18.6 Å². The number of benzene rings is 1. The van der Waals surface area contributed by atoms with Gasteiger partial charge in [0.15, 0.2) is 16.8 Å². The lowest BCUT2D eigenvalue weighted by Gasteiger charge is -2.26. The zero-order chi connectivity index (χ0) is 18.8. The smallest absolute Gasteiger partial charge is 0.321 e. The fourth-order valence-corrected chi connectivity index (χ4v) is 3.65. The minimum atomic E-state index is -1.05. The maximum Gasteiger partial charge on any atom is 0.321 e. The molecule has 0 atom stereocenters. The van der Waals surface area contributed by atoms with Gasteiger partial charge in [-0.05, 0) is 32.0 Å². The van der Waals surface area contributed by atoms with E-state index >= 15 is 0 Å². The van der Waals surface area contributed by atoms with Crippen LogP contribution in [-0.4, -0.2) is 34.4 Å². The first kappa shape index (κ1) is 18.2. The monoisotopic (exact) mass is 380 g/mol. The molecular weight excluding hydrogens is 362 g/mol. The predicted molar refractivity (Wildman–Crippen MR) is 94.2 cm³/mol. The van der Waals surface area contributed by atoms with Crippen molar-refractivity contribution in [2.24, 2.45) is 0 Å². The third-order valence-corrected chi connectivity index (χ3v) is 4.82. The molecule has 9 heteroatoms. The Morgan fingerprint density at radius 3 is 2.73 bits per heavy atom. The fraction of sp³-hybridized carbons (Fsp3) is 0.353. The van der Waals surface area contributed by atoms with Crippen LogP contribution in [0.1, 0.15) is 34.8 Å². The first-order valence-corrected chi connectivity index (χ1v) is 8.95. The largest absolute Gasteiger partial charge is 0.336 e. The Morgan fingerprint density at radius 2 is 2.04 bits per heavy atom. The molecule has 3 amide bonds. The van der Waals surface area contributed by atoms with Crippen molar-refractivity contribution in [3.05, 3.63) is 46.0 Å². The number of fused-ring (bicyclic) bond motifs is 1. The number of nitrogens with zero attached hydrogens (tertiary/aromatic N) is 2. The van der Waals surface area contributed by atoms with Crippen LogP contribution in [0.2, 0.25) is 0 Å². The van der Waals surface area contributed by atoms with Crippen molar-refractivity contribution >= 4 is 28.4 Å². The van der Waals surface area contributed by atoms with E-state index in [4.69, 9.17) is 0 Å². The molecule has 0 unspecified atom stereocenters. The number of aromatic nitrogens is 1. The number of anilines is 1. The van der Waals surface area contributed by atoms with Gasteiger partial charge in [0.25, 0.3) is 5.91 Å². The third kappa shape index (κ3) is 3.98. The van der Waals surface area contributed by atoms with Crippen molar-refractivity contribution in [2.45, 2.75) is 32.9 Å². The van der Waals surface area contributed by atoms with E-state index in [0.717, 1.165) is 22.7 Å². The number of amides is 3. The number of urea groups is 1. The highest BCUT2D eigenvalue weighted by molar-refractivity contribution is 7.15. The van der Waals surface area contributed by atoms with E-state index in [9.17, 15) is 18.4 Å². The van der Waals surface area contributed by atoms with Gasteiger partial charge in [-0.15, -0.1) is 0 Å². The molecule has 1 aromatic heterocycles. The average Bonchev–Trinajstić information content (AvgIpc) is 2.96. The van der Waals surface area contributed by atoms with Gasteiger partial charge in [0.2, 0.25) is 0 Å². The summed E-state index contributed by atoms with van der Waals surface area (Å²) in [7, 11) is 0. The Kier molecular flexibility index (Phi) is 5.17. The van der Waals surface area contributed by atoms with Crippen LogP contribution < -0.4 is 10.6 Å². The van der Waals surface area contributed by atoms with Crippen LogP contribution in [-0.2, 0) is 13.0 Å². The molecule has 0 saturated carbocycles. The van der Waals surface area contributed by atoms with Gasteiger partial charge >= 0.3 is 6.03 Å². The zero-order valence-electron chi connectivity index (χ0n) is 14.3. The maximum atomic E-state index is 13.4. The van der Waals surface area contributed by atoms with Crippen LogP contribution in [0.4, 0.5) is 18.7 Å². The summed E-state index contributed by atoms with van der Waals surface area (Å²) in [6.45, 7) is 4.45. The standard InChI is InChI=1S/C17H18F2N4O2S/c1-9(2)20-16(25)22-17-21-13-5-6-23(8-14(13)26-17)15(24)10-3-4-11(18)12(19)7-10/h3-4,7,9H,5-6,8H2,1-2H3,(H2,20,21,22,25). The molecule has 1 aliphatic heterocycles. The molecule has 1 aromatic carbocycles. The highest BCUT2D eigenvalue weighted by atomic mass is 32.1. The Balaban J connectivity index is 1.70. The van der Waals surface area contributed by atoms with Crippen LogP contribution >= 0.6 is 11.3 Å². The summed E-state index contributed by atoms with van der Waals surface area (Å²) in [6, 6.07) is 2.80. The fourth-order valence-electron chi connectivity index (χ4n) is 2.63. The second-order valence-corrected chi connectivity index (χ2v) is 7.33. The summed E-state index contributed by atoms with van der Waals surface area (Å²) in [5, 5.41) is 5.87. The first-order chi connectivity index (χ1) is 12.3. The van der Waals surface area contributed by atoms with E-state index in [2.05, 4.69) is 15.6 Å². The topological polar surface area (TPSA) is 74.3 Å². The number of nitrogens with one attached hydrogen (secondary N) is 2. The molecule has 0 radical (unpaired) electrons. The molecule has 6 nitrogen and oxygen atoms in total. The van der Waals surface area contributed by atoms with Crippen LogP contribution in [0, 0.1) is 11.6 Å². The van der Waals surface area contributed by atoms with Crippen molar-refractivity contribution in [3.8, 4) is 0 Å². The van der Waals surface area contributed by atoms with Crippen molar-refractivity contribution in [3.63, 3.8) is 0 Å². The number of halogens is 2. The molecule has 0 saturated heterocycles. The van der Waals surface area contributed by atoms with Gasteiger partial charge in [0.1, 0.15) is 0 Å². The minimum absolute atomic E-state index is 0.00815. The van der Waals surface area contributed by atoms with Gasteiger partial charge in [-0.2, -0.15) is 0 Å². The SMILES string of the molecule is CC(C)NC(=O)Nc1nc2c(s1)CN(C(=O)c1ccc(F)c(F)c1)CC2. The lowest BCUT2D eigenvalue weighted by Crippen LogP contribution is -2.35. The molecule has 0 aliphatic carbocycles. The molecule has 3 rings (SSSR count). The number of rotatable bonds is 3. The molecule has 0 spiro atoms. The van der Waals surface area contributed by atoms with Crippen molar-refractivity contribution in [1.29, 1.82) is 0 Å². The number of hydrogen-bond donors (Lipinski definition) is 2. The molecule has 1 aliphatic rings. The van der Waals surface area contributed by atoms with Gasteiger partial charge in [0, 0.05) is 29.4 Å². The molecular formula is C17H18F2N4O2S. The van der Waals surface area contributed by atoms with Crippen LogP contribution in [0.15, 0.2) is 18.2 Å². The third-order valence-electron chi connectivity index (χ3n) is 3.83. The lowest BCUT2D eigenvalue weighted by molar-refractivity contribution is 0.0735. The minimum Gasteiger partial charge on any atom is -0.336 e. The van der Waals surface area contributed by atoms with Crippen molar-refractivity contribution in [2.75, 3.05) is 11.9 Å². The average molecular weight is 380 g/mol. The quantitative estimate of drug-likeness (QED) is 0.859. The number of carbonyl (C=O) groups is 2. The van der Waals surface area contributed by atoms with Gasteiger partial charge < -0.3 is 10.2 Å². The highest BCUT2D eigenvalue weighted by Gasteiger charge is 2.26. The van der Waals surface area contributed by atoms with E-state index in [1.807, 2.05) is 13.8 Å². The predicted octanol–water partition coefficient (Wildman–Crippen LogP) is 3.15. The molecule has 0 fully saturated rings. The Bertz CT molecular complexity index is 853. The van der Waals surface area contributed by atoms with E-state index < -0.39 is 11.6 Å². The summed E-state index contributed by atoms with van der Waals surface area (Å²) < 4.78 is 26.4. The molecule has 0 bridgehead atoms. The van der Waals surface area contributed by atoms with E-state index in [0.29, 0.717) is 24.6 Å². The summed E-state index contributed by atoms with van der Waals surface area (Å²) in [5.74, 6) is -2.40. The normalized spacial score (nSPS) is 13.5. The van der Waals surface area contributed by atoms with Gasteiger partial charge in [0.05, 0.1) is 12.2 Å². The Hall–Kier alpha value is -2.55. The van der Waals surface area contributed by atoms with Crippen LogP contribution in [0.3, 0.4) is 0 Å². The highest BCUT2D eigenvalue weighted by Crippen LogP contribution is 2.29. The number of carbonyl (C=O) groups excluding carboxylic acids is 2. The maximum absolute atomic E-state index is 13.4. The van der Waals surface area contributed by atoms with Gasteiger partial charge in [-0.3, -0.25) is 10.1 Å². The van der Waals surface area contributed by atoms with E-state index in [-0.39, 0.29) is 23.5 Å². The summed E-state index contributed by atoms with van der Waals surface area (Å²) >= 11 is 1.30. The second-order valence-electron chi connectivity index (χ2n) is 6.25. The first-order valence-electron chi connectivity index (χ1n) is 8.14. The van der Waals surface area contributed by atoms with Crippen LogP contribution in [0.25, 0.3) is 0 Å².